The maximum atomic E-state index is 10.6. The summed E-state index contributed by atoms with van der Waals surface area (Å²) in [6.45, 7) is 0. The summed E-state index contributed by atoms with van der Waals surface area (Å²) in [7, 11) is 0. The Labute approximate surface area is 85.2 Å². The van der Waals surface area contributed by atoms with E-state index in [0.29, 0.717) is 5.75 Å². The van der Waals surface area contributed by atoms with Crippen LogP contribution in [-0.2, 0) is 0 Å². The highest BCUT2D eigenvalue weighted by Crippen LogP contribution is 2.31. The number of benzene rings is 1. The van der Waals surface area contributed by atoms with Crippen LogP contribution in [0.25, 0.3) is 0 Å². The van der Waals surface area contributed by atoms with Crippen LogP contribution in [0.3, 0.4) is 0 Å². The van der Waals surface area contributed by atoms with E-state index in [1.807, 2.05) is 24.3 Å². The molecule has 0 radical (unpaired) electrons. The molecule has 1 unspecified atom stereocenters. The molecule has 1 heterocycles. The number of hydrogen-bond donors (Lipinski definition) is 0. The van der Waals surface area contributed by atoms with Gasteiger partial charge in [0.1, 0.15) is 0 Å². The standard InChI is InChI=1S/C9H8N2O2S/c12-11(13)7-5-10-8-3-1-2-4-9(8)14-6-7/h1-5,7H,6H2. The topological polar surface area (TPSA) is 55.5 Å². The molecule has 0 aliphatic carbocycles. The van der Waals surface area contributed by atoms with Crippen molar-refractivity contribution < 1.29 is 4.92 Å². The van der Waals surface area contributed by atoms with E-state index in [1.54, 1.807) is 0 Å². The molecule has 0 N–H and O–H groups in total. The van der Waals surface area contributed by atoms with Crippen molar-refractivity contribution in [1.29, 1.82) is 0 Å². The molecule has 0 spiro atoms. The van der Waals surface area contributed by atoms with Crippen LogP contribution in [0, 0.1) is 10.1 Å². The summed E-state index contributed by atoms with van der Waals surface area (Å²) in [4.78, 5) is 15.4. The van der Waals surface area contributed by atoms with Gasteiger partial charge in [0.05, 0.1) is 17.7 Å². The highest BCUT2D eigenvalue weighted by molar-refractivity contribution is 7.99. The van der Waals surface area contributed by atoms with E-state index in [2.05, 4.69) is 4.99 Å². The lowest BCUT2D eigenvalue weighted by Crippen LogP contribution is -2.22. The van der Waals surface area contributed by atoms with Gasteiger partial charge in [-0.2, -0.15) is 0 Å². The second kappa shape index (κ2) is 3.79. The summed E-state index contributed by atoms with van der Waals surface area (Å²) in [5.74, 6) is 0.452. The first-order valence-corrected chi connectivity index (χ1v) is 5.15. The first-order valence-electron chi connectivity index (χ1n) is 4.17. The maximum Gasteiger partial charge on any atom is 0.257 e. The van der Waals surface area contributed by atoms with E-state index in [1.165, 1.54) is 18.0 Å². The van der Waals surface area contributed by atoms with Gasteiger partial charge in [-0.1, -0.05) is 12.1 Å². The first kappa shape index (κ1) is 9.21. The van der Waals surface area contributed by atoms with Crippen LogP contribution < -0.4 is 0 Å². The van der Waals surface area contributed by atoms with Crippen molar-refractivity contribution in [1.82, 2.24) is 0 Å². The first-order chi connectivity index (χ1) is 6.77. The molecule has 0 saturated carbocycles. The molecule has 0 amide bonds. The number of aliphatic imine (C=N–C) groups is 1. The summed E-state index contributed by atoms with van der Waals surface area (Å²) in [6, 6.07) is 6.91. The third kappa shape index (κ3) is 1.77. The van der Waals surface area contributed by atoms with Crippen LogP contribution in [0.1, 0.15) is 0 Å². The molecule has 72 valence electrons. The van der Waals surface area contributed by atoms with Gasteiger partial charge >= 0.3 is 0 Å². The van der Waals surface area contributed by atoms with Crippen LogP contribution in [0.2, 0.25) is 0 Å². The highest BCUT2D eigenvalue weighted by atomic mass is 32.2. The number of thioether (sulfide) groups is 1. The monoisotopic (exact) mass is 208 g/mol. The lowest BCUT2D eigenvalue weighted by atomic mass is 10.3. The zero-order valence-electron chi connectivity index (χ0n) is 7.29. The summed E-state index contributed by atoms with van der Waals surface area (Å²) >= 11 is 1.48. The van der Waals surface area contributed by atoms with Crippen molar-refractivity contribution in [3.8, 4) is 0 Å². The summed E-state index contributed by atoms with van der Waals surface area (Å²) < 4.78 is 0. The largest absolute Gasteiger partial charge is 0.264 e. The predicted octanol–water partition coefficient (Wildman–Crippen LogP) is 2.14. The lowest BCUT2D eigenvalue weighted by molar-refractivity contribution is -0.495. The van der Waals surface area contributed by atoms with E-state index in [-0.39, 0.29) is 4.92 Å². The number of hydrogen-bond acceptors (Lipinski definition) is 4. The predicted molar refractivity (Wildman–Crippen MR) is 56.1 cm³/mol. The lowest BCUT2D eigenvalue weighted by Gasteiger charge is -2.00. The molecule has 0 saturated heterocycles. The average Bonchev–Trinajstić information content (AvgIpc) is 2.39. The summed E-state index contributed by atoms with van der Waals surface area (Å²) in [5, 5.41) is 10.6. The van der Waals surface area contributed by atoms with Crippen molar-refractivity contribution in [3.05, 3.63) is 34.4 Å². The molecule has 1 aliphatic rings. The fraction of sp³-hybridized carbons (Fsp3) is 0.222. The second-order valence-corrected chi connectivity index (χ2v) is 3.97. The minimum Gasteiger partial charge on any atom is -0.264 e. The Morgan fingerprint density at radius 1 is 1.50 bits per heavy atom. The number of fused-ring (bicyclic) bond motifs is 1. The average molecular weight is 208 g/mol. The van der Waals surface area contributed by atoms with Crippen LogP contribution in [-0.4, -0.2) is 22.9 Å². The molecule has 0 aromatic heterocycles. The fourth-order valence-electron chi connectivity index (χ4n) is 1.19. The molecule has 5 heteroatoms. The molecular weight excluding hydrogens is 200 g/mol. The summed E-state index contributed by atoms with van der Waals surface area (Å²) in [6.07, 6.45) is 1.42. The Kier molecular flexibility index (Phi) is 2.49. The molecule has 2 rings (SSSR count). The molecule has 0 bridgehead atoms. The molecule has 14 heavy (non-hydrogen) atoms. The van der Waals surface area contributed by atoms with E-state index >= 15 is 0 Å². The van der Waals surface area contributed by atoms with Gasteiger partial charge in [0.2, 0.25) is 0 Å². The van der Waals surface area contributed by atoms with Crippen molar-refractivity contribution >= 4 is 23.7 Å². The van der Waals surface area contributed by atoms with E-state index in [0.717, 1.165) is 10.6 Å². The SMILES string of the molecule is O=[N+]([O-])C1C=Nc2ccccc2SC1. The number of nitrogens with zero attached hydrogens (tertiary/aromatic N) is 2. The Balaban J connectivity index is 2.29. The van der Waals surface area contributed by atoms with Gasteiger partial charge in [0.25, 0.3) is 6.04 Å². The Bertz CT molecular complexity index is 392. The molecule has 1 atom stereocenters. The van der Waals surface area contributed by atoms with Crippen molar-refractivity contribution in [3.63, 3.8) is 0 Å². The van der Waals surface area contributed by atoms with E-state index in [9.17, 15) is 10.1 Å². The van der Waals surface area contributed by atoms with Crippen LogP contribution >= 0.6 is 11.8 Å². The molecular formula is C9H8N2O2S. The Morgan fingerprint density at radius 3 is 3.07 bits per heavy atom. The third-order valence-electron chi connectivity index (χ3n) is 1.93. The zero-order chi connectivity index (χ0) is 9.97. The molecule has 1 aromatic carbocycles. The van der Waals surface area contributed by atoms with Crippen LogP contribution in [0.5, 0.6) is 0 Å². The van der Waals surface area contributed by atoms with Crippen molar-refractivity contribution in [2.24, 2.45) is 4.99 Å². The molecule has 1 aromatic rings. The maximum absolute atomic E-state index is 10.6. The minimum atomic E-state index is -0.674. The van der Waals surface area contributed by atoms with Gasteiger partial charge in [0, 0.05) is 9.82 Å². The van der Waals surface area contributed by atoms with E-state index < -0.39 is 6.04 Å². The third-order valence-corrected chi connectivity index (χ3v) is 3.10. The van der Waals surface area contributed by atoms with Crippen molar-refractivity contribution in [2.45, 2.75) is 10.9 Å². The number of para-hydroxylation sites is 1. The smallest absolute Gasteiger partial charge is 0.257 e. The van der Waals surface area contributed by atoms with Gasteiger partial charge in [-0.3, -0.25) is 15.1 Å². The molecule has 4 nitrogen and oxygen atoms in total. The summed E-state index contributed by atoms with van der Waals surface area (Å²) in [5.41, 5.74) is 0.821. The highest BCUT2D eigenvalue weighted by Gasteiger charge is 2.20. The van der Waals surface area contributed by atoms with Crippen LogP contribution in [0.4, 0.5) is 5.69 Å². The Morgan fingerprint density at radius 2 is 2.29 bits per heavy atom. The van der Waals surface area contributed by atoms with Gasteiger partial charge in [-0.25, -0.2) is 0 Å². The van der Waals surface area contributed by atoms with E-state index in [4.69, 9.17) is 0 Å². The quantitative estimate of drug-likeness (QED) is 0.524. The number of nitro groups is 1. The molecule has 0 fully saturated rings. The van der Waals surface area contributed by atoms with Crippen molar-refractivity contribution in [2.75, 3.05) is 5.75 Å². The van der Waals surface area contributed by atoms with Gasteiger partial charge in [-0.15, -0.1) is 11.8 Å². The fourth-order valence-corrected chi connectivity index (χ4v) is 2.19. The van der Waals surface area contributed by atoms with Gasteiger partial charge in [0.15, 0.2) is 0 Å². The Hall–Kier alpha value is -1.36. The van der Waals surface area contributed by atoms with Gasteiger partial charge < -0.3 is 0 Å². The number of rotatable bonds is 1. The zero-order valence-corrected chi connectivity index (χ0v) is 8.11. The molecule has 1 aliphatic heterocycles. The van der Waals surface area contributed by atoms with Gasteiger partial charge in [-0.05, 0) is 12.1 Å². The normalized spacial score (nSPS) is 19.9. The second-order valence-electron chi connectivity index (χ2n) is 2.91. The van der Waals surface area contributed by atoms with Crippen LogP contribution in [0.15, 0.2) is 34.2 Å². The minimum absolute atomic E-state index is 0.303.